The van der Waals surface area contributed by atoms with Crippen molar-refractivity contribution in [2.45, 2.75) is 19.8 Å². The van der Waals surface area contributed by atoms with Gasteiger partial charge < -0.3 is 10.2 Å². The molecule has 3 nitrogen and oxygen atoms in total. The molecule has 1 aliphatic rings. The Morgan fingerprint density at radius 1 is 1.41 bits per heavy atom. The highest BCUT2D eigenvalue weighted by Gasteiger charge is 2.23. The molecule has 0 spiro atoms. The number of amides is 1. The van der Waals surface area contributed by atoms with Crippen molar-refractivity contribution < 1.29 is 4.79 Å². The van der Waals surface area contributed by atoms with E-state index in [2.05, 4.69) is 17.3 Å². The summed E-state index contributed by atoms with van der Waals surface area (Å²) in [6, 6.07) is 7.91. The smallest absolute Gasteiger partial charge is 0.228 e. The Kier molecular flexibility index (Phi) is 3.79. The van der Waals surface area contributed by atoms with Crippen LogP contribution in [0.3, 0.4) is 0 Å². The molecule has 1 atom stereocenters. The minimum Gasteiger partial charge on any atom is -0.326 e. The van der Waals surface area contributed by atoms with Crippen LogP contribution in [0, 0.1) is 12.8 Å². The van der Waals surface area contributed by atoms with E-state index in [0.717, 1.165) is 37.2 Å². The van der Waals surface area contributed by atoms with E-state index in [4.69, 9.17) is 0 Å². The lowest BCUT2D eigenvalue weighted by Gasteiger charge is -2.28. The molecule has 1 saturated heterocycles. The molecule has 3 heteroatoms. The van der Waals surface area contributed by atoms with E-state index in [0.29, 0.717) is 0 Å². The summed E-state index contributed by atoms with van der Waals surface area (Å²) in [5, 5.41) is 3.03. The van der Waals surface area contributed by atoms with Gasteiger partial charge in [-0.15, -0.1) is 0 Å². The molecule has 1 fully saturated rings. The van der Waals surface area contributed by atoms with Crippen LogP contribution in [0.1, 0.15) is 18.4 Å². The van der Waals surface area contributed by atoms with Gasteiger partial charge in [0.2, 0.25) is 5.91 Å². The first-order valence-corrected chi connectivity index (χ1v) is 6.22. The van der Waals surface area contributed by atoms with Gasteiger partial charge in [-0.05, 0) is 45.0 Å². The first-order chi connectivity index (χ1) is 8.16. The second kappa shape index (κ2) is 5.32. The van der Waals surface area contributed by atoms with Gasteiger partial charge in [0.15, 0.2) is 0 Å². The van der Waals surface area contributed by atoms with Crippen LogP contribution >= 0.6 is 0 Å². The van der Waals surface area contributed by atoms with E-state index >= 15 is 0 Å². The van der Waals surface area contributed by atoms with Gasteiger partial charge in [0, 0.05) is 12.2 Å². The number of nitrogens with zero attached hydrogens (tertiary/aromatic N) is 1. The van der Waals surface area contributed by atoms with Crippen LogP contribution in [0.15, 0.2) is 24.3 Å². The molecule has 1 amide bonds. The summed E-state index contributed by atoms with van der Waals surface area (Å²) in [5.41, 5.74) is 2.05. The van der Waals surface area contributed by atoms with Gasteiger partial charge >= 0.3 is 0 Å². The lowest BCUT2D eigenvalue weighted by molar-refractivity contribution is -0.121. The molecule has 1 aliphatic heterocycles. The van der Waals surface area contributed by atoms with Gasteiger partial charge in [0.1, 0.15) is 0 Å². The monoisotopic (exact) mass is 232 g/mol. The Morgan fingerprint density at radius 3 is 2.88 bits per heavy atom. The van der Waals surface area contributed by atoms with Crippen LogP contribution in [0.2, 0.25) is 0 Å². The summed E-state index contributed by atoms with van der Waals surface area (Å²) in [4.78, 5) is 14.4. The molecule has 17 heavy (non-hydrogen) atoms. The molecule has 1 aromatic rings. The highest BCUT2D eigenvalue weighted by Crippen LogP contribution is 2.19. The lowest BCUT2D eigenvalue weighted by atomic mass is 9.97. The normalized spacial score (nSPS) is 21.2. The number of aryl methyl sites for hydroxylation is 1. The van der Waals surface area contributed by atoms with Crippen LogP contribution in [0.25, 0.3) is 0 Å². The molecule has 92 valence electrons. The maximum absolute atomic E-state index is 12.1. The predicted octanol–water partition coefficient (Wildman–Crippen LogP) is 2.28. The number of hydrogen-bond donors (Lipinski definition) is 1. The fourth-order valence-electron chi connectivity index (χ4n) is 2.33. The van der Waals surface area contributed by atoms with Gasteiger partial charge in [-0.2, -0.15) is 0 Å². The number of carbonyl (C=O) groups is 1. The van der Waals surface area contributed by atoms with Crippen molar-refractivity contribution in [2.75, 3.05) is 25.5 Å². The summed E-state index contributed by atoms with van der Waals surface area (Å²) in [7, 11) is 2.08. The molecule has 0 unspecified atom stereocenters. The van der Waals surface area contributed by atoms with E-state index in [1.807, 2.05) is 31.2 Å². The number of piperidine rings is 1. The minimum atomic E-state index is 0.133. The fraction of sp³-hybridized carbons (Fsp3) is 0.500. The van der Waals surface area contributed by atoms with Crippen LogP contribution < -0.4 is 5.32 Å². The summed E-state index contributed by atoms with van der Waals surface area (Å²) >= 11 is 0. The molecule has 1 aromatic carbocycles. The summed E-state index contributed by atoms with van der Waals surface area (Å²) < 4.78 is 0. The first kappa shape index (κ1) is 12.1. The van der Waals surface area contributed by atoms with Gasteiger partial charge in [-0.1, -0.05) is 18.2 Å². The maximum Gasteiger partial charge on any atom is 0.228 e. The van der Waals surface area contributed by atoms with Gasteiger partial charge in [0.05, 0.1) is 5.92 Å². The highest BCUT2D eigenvalue weighted by atomic mass is 16.1. The molecule has 1 N–H and O–H groups in total. The molecular weight excluding hydrogens is 212 g/mol. The summed E-state index contributed by atoms with van der Waals surface area (Å²) in [6.07, 6.45) is 2.12. The van der Waals surface area contributed by atoms with E-state index in [-0.39, 0.29) is 11.8 Å². The standard InChI is InChI=1S/C14H20N2O/c1-11-6-3-4-8-13(11)15-14(17)12-7-5-9-16(2)10-12/h3-4,6,8,12H,5,7,9-10H2,1-2H3,(H,15,17)/t12-/m1/s1. The Labute approximate surface area is 103 Å². The third-order valence-corrected chi connectivity index (χ3v) is 3.40. The number of benzene rings is 1. The zero-order chi connectivity index (χ0) is 12.3. The predicted molar refractivity (Wildman–Crippen MR) is 70.0 cm³/mol. The Hall–Kier alpha value is -1.35. The van der Waals surface area contributed by atoms with E-state index in [9.17, 15) is 4.79 Å². The Bertz CT molecular complexity index is 403. The topological polar surface area (TPSA) is 32.3 Å². The number of likely N-dealkylation sites (tertiary alicyclic amines) is 1. The quantitative estimate of drug-likeness (QED) is 0.848. The van der Waals surface area contributed by atoms with Crippen molar-refractivity contribution in [3.05, 3.63) is 29.8 Å². The highest BCUT2D eigenvalue weighted by molar-refractivity contribution is 5.93. The van der Waals surface area contributed by atoms with Crippen molar-refractivity contribution in [1.82, 2.24) is 4.90 Å². The van der Waals surface area contributed by atoms with E-state index < -0.39 is 0 Å². The molecular formula is C14H20N2O. The van der Waals surface area contributed by atoms with Crippen LogP contribution in [-0.2, 0) is 4.79 Å². The van der Waals surface area contributed by atoms with Crippen molar-refractivity contribution in [3.63, 3.8) is 0 Å². The fourth-order valence-corrected chi connectivity index (χ4v) is 2.33. The number of rotatable bonds is 2. The van der Waals surface area contributed by atoms with Gasteiger partial charge in [-0.25, -0.2) is 0 Å². The number of anilines is 1. The number of nitrogens with one attached hydrogen (secondary N) is 1. The molecule has 0 aliphatic carbocycles. The second-order valence-corrected chi connectivity index (χ2v) is 4.91. The first-order valence-electron chi connectivity index (χ1n) is 6.22. The average molecular weight is 232 g/mol. The second-order valence-electron chi connectivity index (χ2n) is 4.91. The van der Waals surface area contributed by atoms with Crippen LogP contribution in [0.4, 0.5) is 5.69 Å². The average Bonchev–Trinajstić information content (AvgIpc) is 2.32. The minimum absolute atomic E-state index is 0.133. The third kappa shape index (κ3) is 3.07. The van der Waals surface area contributed by atoms with Crippen molar-refractivity contribution in [3.8, 4) is 0 Å². The maximum atomic E-state index is 12.1. The van der Waals surface area contributed by atoms with Crippen molar-refractivity contribution in [2.24, 2.45) is 5.92 Å². The van der Waals surface area contributed by atoms with Crippen molar-refractivity contribution in [1.29, 1.82) is 0 Å². The van der Waals surface area contributed by atoms with Crippen LogP contribution in [-0.4, -0.2) is 30.9 Å². The van der Waals surface area contributed by atoms with E-state index in [1.54, 1.807) is 0 Å². The summed E-state index contributed by atoms with van der Waals surface area (Å²) in [5.74, 6) is 0.291. The molecule has 0 bridgehead atoms. The van der Waals surface area contributed by atoms with Crippen LogP contribution in [0.5, 0.6) is 0 Å². The largest absolute Gasteiger partial charge is 0.326 e. The molecule has 2 rings (SSSR count). The summed E-state index contributed by atoms with van der Waals surface area (Å²) in [6.45, 7) is 3.99. The third-order valence-electron chi connectivity index (χ3n) is 3.40. The zero-order valence-electron chi connectivity index (χ0n) is 10.6. The lowest BCUT2D eigenvalue weighted by Crippen LogP contribution is -2.38. The zero-order valence-corrected chi connectivity index (χ0v) is 10.6. The Balaban J connectivity index is 1.99. The van der Waals surface area contributed by atoms with E-state index in [1.165, 1.54) is 0 Å². The molecule has 0 aromatic heterocycles. The molecule has 0 saturated carbocycles. The SMILES string of the molecule is Cc1ccccc1NC(=O)[C@@H]1CCCN(C)C1. The molecule has 1 heterocycles. The Morgan fingerprint density at radius 2 is 2.18 bits per heavy atom. The van der Waals surface area contributed by atoms with Crippen molar-refractivity contribution >= 4 is 11.6 Å². The number of carbonyl (C=O) groups excluding carboxylic acids is 1. The van der Waals surface area contributed by atoms with Gasteiger partial charge in [-0.3, -0.25) is 4.79 Å². The number of hydrogen-bond acceptors (Lipinski definition) is 2. The number of para-hydroxylation sites is 1. The van der Waals surface area contributed by atoms with Gasteiger partial charge in [0.25, 0.3) is 0 Å². The molecule has 0 radical (unpaired) electrons.